The highest BCUT2D eigenvalue weighted by Crippen LogP contribution is 2.18. The summed E-state index contributed by atoms with van der Waals surface area (Å²) in [5.41, 5.74) is 2.52. The Hall–Kier alpha value is -2.63. The Morgan fingerprint density at radius 3 is 2.58 bits per heavy atom. The lowest BCUT2D eigenvalue weighted by Gasteiger charge is -2.33. The Morgan fingerprint density at radius 1 is 1.12 bits per heavy atom. The van der Waals surface area contributed by atoms with E-state index < -0.39 is 0 Å². The van der Waals surface area contributed by atoms with Crippen LogP contribution in [-0.4, -0.2) is 47.5 Å². The Bertz CT molecular complexity index is 710. The van der Waals surface area contributed by atoms with Crippen molar-refractivity contribution in [3.8, 4) is 0 Å². The van der Waals surface area contributed by atoms with Gasteiger partial charge in [0.1, 0.15) is 17.5 Å². The third-order valence-corrected chi connectivity index (χ3v) is 4.33. The molecule has 0 saturated carbocycles. The lowest BCUT2D eigenvalue weighted by atomic mass is 10.1. The molecule has 0 bridgehead atoms. The van der Waals surface area contributed by atoms with Crippen LogP contribution in [0.1, 0.15) is 17.0 Å². The predicted molar refractivity (Wildman–Crippen MR) is 95.1 cm³/mol. The number of benzene rings is 1. The van der Waals surface area contributed by atoms with Crippen LogP contribution in [0, 0.1) is 13.8 Å². The number of carbonyl (C=O) groups is 1. The van der Waals surface area contributed by atoms with Gasteiger partial charge >= 0.3 is 0 Å². The molecule has 1 aliphatic heterocycles. The number of hydrogen-bond donors (Lipinski definition) is 1. The largest absolute Gasteiger partial charge is 0.366 e. The van der Waals surface area contributed by atoms with Gasteiger partial charge in [0.15, 0.2) is 0 Å². The first-order valence-electron chi connectivity index (χ1n) is 8.24. The van der Waals surface area contributed by atoms with Crippen LogP contribution in [0.2, 0.25) is 0 Å². The van der Waals surface area contributed by atoms with Gasteiger partial charge in [-0.05, 0) is 25.0 Å². The number of hydrogen-bond acceptors (Lipinski definition) is 5. The highest BCUT2D eigenvalue weighted by atomic mass is 16.1. The Labute approximate surface area is 142 Å². The molecule has 0 unspecified atom stereocenters. The van der Waals surface area contributed by atoms with E-state index in [0.29, 0.717) is 0 Å². The van der Waals surface area contributed by atoms with Crippen molar-refractivity contribution in [3.05, 3.63) is 47.3 Å². The third-order valence-electron chi connectivity index (χ3n) is 4.33. The van der Waals surface area contributed by atoms with Gasteiger partial charge in [0.25, 0.3) is 0 Å². The second kappa shape index (κ2) is 7.29. The Morgan fingerprint density at radius 2 is 1.88 bits per heavy atom. The molecule has 1 N–H and O–H groups in total. The molecule has 1 amide bonds. The number of nitrogens with zero attached hydrogens (tertiary/aromatic N) is 4. The quantitative estimate of drug-likeness (QED) is 0.852. The smallest absolute Gasteiger partial charge is 0.209 e. The number of amides is 1. The first kappa shape index (κ1) is 16.2. The Kier molecular flexibility index (Phi) is 4.93. The molecule has 0 aliphatic carbocycles. The monoisotopic (exact) mass is 325 g/mol. The molecule has 1 saturated heterocycles. The molecule has 3 rings (SSSR count). The first-order chi connectivity index (χ1) is 11.7. The zero-order chi connectivity index (χ0) is 16.9. The van der Waals surface area contributed by atoms with E-state index in [2.05, 4.69) is 39.2 Å². The number of rotatable bonds is 5. The minimum absolute atomic E-state index is 0.735. The van der Waals surface area contributed by atoms with Crippen molar-refractivity contribution < 1.29 is 4.79 Å². The fourth-order valence-electron chi connectivity index (χ4n) is 2.86. The van der Waals surface area contributed by atoms with Crippen LogP contribution in [-0.2, 0) is 11.3 Å². The maximum atomic E-state index is 10.8. The summed E-state index contributed by atoms with van der Waals surface area (Å²) >= 11 is 0. The zero-order valence-corrected chi connectivity index (χ0v) is 14.2. The summed E-state index contributed by atoms with van der Waals surface area (Å²) in [4.78, 5) is 23.9. The highest BCUT2D eigenvalue weighted by Gasteiger charge is 2.17. The molecule has 24 heavy (non-hydrogen) atoms. The van der Waals surface area contributed by atoms with E-state index in [1.54, 1.807) is 4.90 Å². The molecular formula is C18H23N5O. The van der Waals surface area contributed by atoms with Crippen molar-refractivity contribution >= 4 is 18.0 Å². The van der Waals surface area contributed by atoms with E-state index in [-0.39, 0.29) is 0 Å². The molecule has 1 fully saturated rings. The maximum Gasteiger partial charge on any atom is 0.209 e. The summed E-state index contributed by atoms with van der Waals surface area (Å²) in [5, 5.41) is 3.40. The van der Waals surface area contributed by atoms with Crippen LogP contribution >= 0.6 is 0 Å². The lowest BCUT2D eigenvalue weighted by Crippen LogP contribution is -2.46. The van der Waals surface area contributed by atoms with Crippen molar-refractivity contribution in [2.24, 2.45) is 0 Å². The fraction of sp³-hybridized carbons (Fsp3) is 0.389. The summed E-state index contributed by atoms with van der Waals surface area (Å²) in [6, 6.07) is 10.3. The second-order valence-corrected chi connectivity index (χ2v) is 6.07. The summed E-state index contributed by atoms with van der Waals surface area (Å²) in [6.45, 7) is 7.82. The van der Waals surface area contributed by atoms with Gasteiger partial charge in [0, 0.05) is 38.8 Å². The summed E-state index contributed by atoms with van der Waals surface area (Å²) in [5.74, 6) is 2.50. The highest BCUT2D eigenvalue weighted by molar-refractivity contribution is 5.52. The van der Waals surface area contributed by atoms with E-state index >= 15 is 0 Å². The molecule has 0 radical (unpaired) electrons. The van der Waals surface area contributed by atoms with Crippen LogP contribution in [0.5, 0.6) is 0 Å². The van der Waals surface area contributed by atoms with Gasteiger partial charge in [-0.1, -0.05) is 24.3 Å². The molecule has 1 aliphatic rings. The Balaban J connectivity index is 1.70. The molecule has 1 aromatic heterocycles. The van der Waals surface area contributed by atoms with E-state index in [1.807, 2.05) is 25.1 Å². The van der Waals surface area contributed by atoms with Crippen molar-refractivity contribution in [2.45, 2.75) is 20.4 Å². The number of anilines is 2. The van der Waals surface area contributed by atoms with Crippen LogP contribution in [0.15, 0.2) is 30.3 Å². The normalized spacial score (nSPS) is 14.6. The molecule has 1 aromatic carbocycles. The van der Waals surface area contributed by atoms with Crippen molar-refractivity contribution in [3.63, 3.8) is 0 Å². The second-order valence-electron chi connectivity index (χ2n) is 6.07. The molecular weight excluding hydrogens is 302 g/mol. The third kappa shape index (κ3) is 3.82. The minimum atomic E-state index is 0.735. The number of piperazine rings is 1. The average molecular weight is 325 g/mol. The standard InChI is InChI=1S/C18H23N5O/c1-14-5-3-4-6-16(14)12-19-17-11-18(21-15(2)20-17)23-9-7-22(13-24)8-10-23/h3-6,11,13H,7-10,12H2,1-2H3,(H,19,20,21). The van der Waals surface area contributed by atoms with E-state index in [1.165, 1.54) is 11.1 Å². The number of aromatic nitrogens is 2. The van der Waals surface area contributed by atoms with Crippen molar-refractivity contribution in [2.75, 3.05) is 36.4 Å². The van der Waals surface area contributed by atoms with Gasteiger partial charge in [0.2, 0.25) is 6.41 Å². The van der Waals surface area contributed by atoms with Crippen molar-refractivity contribution in [1.29, 1.82) is 0 Å². The number of aryl methyl sites for hydroxylation is 2. The van der Waals surface area contributed by atoms with E-state index in [9.17, 15) is 4.79 Å². The molecule has 0 atom stereocenters. The summed E-state index contributed by atoms with van der Waals surface area (Å²) in [7, 11) is 0. The fourth-order valence-corrected chi connectivity index (χ4v) is 2.86. The van der Waals surface area contributed by atoms with Gasteiger partial charge in [-0.3, -0.25) is 4.79 Å². The first-order valence-corrected chi connectivity index (χ1v) is 8.24. The van der Waals surface area contributed by atoms with E-state index in [0.717, 1.165) is 56.6 Å². The zero-order valence-electron chi connectivity index (χ0n) is 14.2. The van der Waals surface area contributed by atoms with Gasteiger partial charge < -0.3 is 15.1 Å². The molecule has 6 nitrogen and oxygen atoms in total. The maximum absolute atomic E-state index is 10.8. The average Bonchev–Trinajstić information content (AvgIpc) is 2.61. The topological polar surface area (TPSA) is 61.4 Å². The van der Waals surface area contributed by atoms with Gasteiger partial charge in [-0.25, -0.2) is 9.97 Å². The molecule has 2 aromatic rings. The van der Waals surface area contributed by atoms with Gasteiger partial charge in [0.05, 0.1) is 0 Å². The lowest BCUT2D eigenvalue weighted by molar-refractivity contribution is -0.118. The van der Waals surface area contributed by atoms with Crippen molar-refractivity contribution in [1.82, 2.24) is 14.9 Å². The van der Waals surface area contributed by atoms with Crippen LogP contribution in [0.25, 0.3) is 0 Å². The SMILES string of the molecule is Cc1nc(NCc2ccccc2C)cc(N2CCN(C=O)CC2)n1. The van der Waals surface area contributed by atoms with Crippen LogP contribution in [0.4, 0.5) is 11.6 Å². The molecule has 126 valence electrons. The van der Waals surface area contributed by atoms with Crippen LogP contribution < -0.4 is 10.2 Å². The number of carbonyl (C=O) groups excluding carboxylic acids is 1. The van der Waals surface area contributed by atoms with E-state index in [4.69, 9.17) is 0 Å². The number of nitrogens with one attached hydrogen (secondary N) is 1. The van der Waals surface area contributed by atoms with Gasteiger partial charge in [-0.2, -0.15) is 0 Å². The molecule has 2 heterocycles. The molecule has 6 heteroatoms. The summed E-state index contributed by atoms with van der Waals surface area (Å²) < 4.78 is 0. The predicted octanol–water partition coefficient (Wildman–Crippen LogP) is 1.98. The minimum Gasteiger partial charge on any atom is -0.366 e. The van der Waals surface area contributed by atoms with Crippen LogP contribution in [0.3, 0.4) is 0 Å². The van der Waals surface area contributed by atoms with Gasteiger partial charge in [-0.15, -0.1) is 0 Å². The molecule has 0 spiro atoms. The summed E-state index contributed by atoms with van der Waals surface area (Å²) in [6.07, 6.45) is 0.914.